The molecule has 0 aliphatic carbocycles. The molecule has 0 aliphatic rings. The number of amides is 3. The van der Waals surface area contributed by atoms with Crippen molar-refractivity contribution >= 4 is 23.6 Å². The van der Waals surface area contributed by atoms with Gasteiger partial charge in [-0.2, -0.15) is 0 Å². The lowest BCUT2D eigenvalue weighted by molar-refractivity contribution is -0.151. The minimum absolute atomic E-state index is 0.183. The van der Waals surface area contributed by atoms with Gasteiger partial charge in [0.15, 0.2) is 6.61 Å². The maximum absolute atomic E-state index is 12.1. The van der Waals surface area contributed by atoms with Gasteiger partial charge in [-0.3, -0.25) is 4.79 Å². The quantitative estimate of drug-likeness (QED) is 0.632. The molecule has 0 aromatic heterocycles. The number of hydrogen-bond donors (Lipinski definition) is 3. The summed E-state index contributed by atoms with van der Waals surface area (Å²) < 4.78 is 4.98. The molecule has 7 nitrogen and oxygen atoms in total. The van der Waals surface area contributed by atoms with Gasteiger partial charge in [0, 0.05) is 12.2 Å². The third-order valence-electron chi connectivity index (χ3n) is 3.16. The van der Waals surface area contributed by atoms with Crippen LogP contribution in [0.4, 0.5) is 10.5 Å². The molecule has 7 heteroatoms. The third-order valence-corrected chi connectivity index (χ3v) is 3.16. The van der Waals surface area contributed by atoms with Crippen molar-refractivity contribution in [2.45, 2.75) is 33.2 Å². The summed E-state index contributed by atoms with van der Waals surface area (Å²) in [6, 6.07) is 7.54. The van der Waals surface area contributed by atoms with Gasteiger partial charge in [-0.05, 0) is 24.5 Å². The zero-order valence-electron chi connectivity index (χ0n) is 14.3. The Kier molecular flexibility index (Phi) is 8.32. The molecule has 0 radical (unpaired) electrons. The molecule has 0 unspecified atom stereocenters. The molecular weight excluding hydrogens is 310 g/mol. The average Bonchev–Trinajstić information content (AvgIpc) is 2.56. The van der Waals surface area contributed by atoms with E-state index >= 15 is 0 Å². The summed E-state index contributed by atoms with van der Waals surface area (Å²) >= 11 is 0. The fourth-order valence-corrected chi connectivity index (χ4v) is 1.87. The first kappa shape index (κ1) is 19.5. The number of ether oxygens (including phenoxy) is 1. The Morgan fingerprint density at radius 2 is 1.79 bits per heavy atom. The normalized spacial score (nSPS) is 11.5. The van der Waals surface area contributed by atoms with Gasteiger partial charge in [0.05, 0.1) is 0 Å². The van der Waals surface area contributed by atoms with E-state index in [1.165, 1.54) is 0 Å². The molecule has 1 aromatic rings. The lowest BCUT2D eigenvalue weighted by Gasteiger charge is -2.21. The second-order valence-electron chi connectivity index (χ2n) is 5.64. The van der Waals surface area contributed by atoms with E-state index in [0.717, 1.165) is 6.42 Å². The van der Waals surface area contributed by atoms with Gasteiger partial charge in [0.1, 0.15) is 6.04 Å². The van der Waals surface area contributed by atoms with Crippen LogP contribution in [0.2, 0.25) is 0 Å². The molecule has 0 fully saturated rings. The van der Waals surface area contributed by atoms with E-state index in [4.69, 9.17) is 4.74 Å². The predicted molar refractivity (Wildman–Crippen MR) is 91.5 cm³/mol. The van der Waals surface area contributed by atoms with Gasteiger partial charge in [-0.25, -0.2) is 9.59 Å². The number of carbonyl (C=O) groups excluding carboxylic acids is 3. The first-order valence-electron chi connectivity index (χ1n) is 8.00. The van der Waals surface area contributed by atoms with E-state index in [0.29, 0.717) is 12.2 Å². The molecule has 132 valence electrons. The van der Waals surface area contributed by atoms with Crippen LogP contribution in [0.5, 0.6) is 0 Å². The highest BCUT2D eigenvalue weighted by molar-refractivity contribution is 5.93. The van der Waals surface area contributed by atoms with Crippen molar-refractivity contribution in [3.63, 3.8) is 0 Å². The van der Waals surface area contributed by atoms with Crippen molar-refractivity contribution in [3.05, 3.63) is 30.3 Å². The molecule has 0 bridgehead atoms. The molecule has 0 saturated heterocycles. The standard InChI is InChI=1S/C17H25N3O4/c1-4-10-18-14(21)11-24-16(22)15(12(2)3)20-17(23)19-13-8-6-5-7-9-13/h5-9,12,15H,4,10-11H2,1-3H3,(H,18,21)(H2,19,20,23)/t15-/m0/s1. The maximum Gasteiger partial charge on any atom is 0.329 e. The number of esters is 1. The van der Waals surface area contributed by atoms with Crippen molar-refractivity contribution in [3.8, 4) is 0 Å². The van der Waals surface area contributed by atoms with Crippen LogP contribution in [0, 0.1) is 5.92 Å². The SMILES string of the molecule is CCCNC(=O)COC(=O)[C@@H](NC(=O)Nc1ccccc1)C(C)C. The van der Waals surface area contributed by atoms with Crippen LogP contribution in [0.1, 0.15) is 27.2 Å². The van der Waals surface area contributed by atoms with Crippen molar-refractivity contribution in [2.24, 2.45) is 5.92 Å². The highest BCUT2D eigenvalue weighted by Gasteiger charge is 2.26. The van der Waals surface area contributed by atoms with Gasteiger partial charge in [-0.15, -0.1) is 0 Å². The van der Waals surface area contributed by atoms with Crippen molar-refractivity contribution in [1.29, 1.82) is 0 Å². The fourth-order valence-electron chi connectivity index (χ4n) is 1.87. The van der Waals surface area contributed by atoms with E-state index in [9.17, 15) is 14.4 Å². The fraction of sp³-hybridized carbons (Fsp3) is 0.471. The summed E-state index contributed by atoms with van der Waals surface area (Å²) in [6.45, 7) is 5.67. The Hall–Kier alpha value is -2.57. The van der Waals surface area contributed by atoms with Crippen LogP contribution < -0.4 is 16.0 Å². The summed E-state index contributed by atoms with van der Waals surface area (Å²) in [6.07, 6.45) is 0.801. The summed E-state index contributed by atoms with van der Waals surface area (Å²) in [5.74, 6) is -1.18. The van der Waals surface area contributed by atoms with E-state index in [1.54, 1.807) is 38.1 Å². The zero-order valence-corrected chi connectivity index (χ0v) is 14.3. The Balaban J connectivity index is 2.51. The van der Waals surface area contributed by atoms with Gasteiger partial charge >= 0.3 is 12.0 Å². The zero-order chi connectivity index (χ0) is 17.9. The van der Waals surface area contributed by atoms with E-state index in [2.05, 4.69) is 16.0 Å². The molecule has 0 spiro atoms. The number of benzene rings is 1. The topological polar surface area (TPSA) is 96.5 Å². The second-order valence-corrected chi connectivity index (χ2v) is 5.64. The van der Waals surface area contributed by atoms with Gasteiger partial charge in [0.2, 0.25) is 0 Å². The molecule has 1 rings (SSSR count). The molecule has 1 atom stereocenters. The van der Waals surface area contributed by atoms with Crippen LogP contribution in [-0.4, -0.2) is 37.1 Å². The first-order chi connectivity index (χ1) is 11.4. The van der Waals surface area contributed by atoms with E-state index < -0.39 is 18.0 Å². The van der Waals surface area contributed by atoms with Gasteiger partial charge < -0.3 is 20.7 Å². The Labute approximate surface area is 142 Å². The average molecular weight is 335 g/mol. The number of nitrogens with one attached hydrogen (secondary N) is 3. The van der Waals surface area contributed by atoms with Crippen LogP contribution in [0.3, 0.4) is 0 Å². The smallest absolute Gasteiger partial charge is 0.329 e. The monoisotopic (exact) mass is 335 g/mol. The number of urea groups is 1. The second kappa shape index (κ2) is 10.3. The number of carbonyl (C=O) groups is 3. The van der Waals surface area contributed by atoms with Crippen LogP contribution >= 0.6 is 0 Å². The molecule has 3 N–H and O–H groups in total. The molecule has 3 amide bonds. The van der Waals surface area contributed by atoms with Crippen molar-refractivity contribution in [2.75, 3.05) is 18.5 Å². The molecular formula is C17H25N3O4. The van der Waals surface area contributed by atoms with E-state index in [-0.39, 0.29) is 18.4 Å². The molecule has 0 saturated carbocycles. The summed E-state index contributed by atoms with van der Waals surface area (Å²) in [4.78, 5) is 35.6. The van der Waals surface area contributed by atoms with Crippen molar-refractivity contribution in [1.82, 2.24) is 10.6 Å². The lowest BCUT2D eigenvalue weighted by atomic mass is 10.1. The summed E-state index contributed by atoms with van der Waals surface area (Å²) in [5.41, 5.74) is 0.616. The maximum atomic E-state index is 12.1. The largest absolute Gasteiger partial charge is 0.454 e. The van der Waals surface area contributed by atoms with Crippen LogP contribution in [0.25, 0.3) is 0 Å². The molecule has 0 heterocycles. The minimum atomic E-state index is -0.840. The number of para-hydroxylation sites is 1. The summed E-state index contributed by atoms with van der Waals surface area (Å²) in [5, 5.41) is 7.83. The minimum Gasteiger partial charge on any atom is -0.454 e. The van der Waals surface area contributed by atoms with Crippen molar-refractivity contribution < 1.29 is 19.1 Å². The number of anilines is 1. The predicted octanol–water partition coefficient (Wildman–Crippen LogP) is 1.90. The molecule has 1 aromatic carbocycles. The van der Waals surface area contributed by atoms with Crippen LogP contribution in [0.15, 0.2) is 30.3 Å². The Bertz CT molecular complexity index is 546. The highest BCUT2D eigenvalue weighted by Crippen LogP contribution is 2.07. The first-order valence-corrected chi connectivity index (χ1v) is 8.00. The van der Waals surface area contributed by atoms with Gasteiger partial charge in [-0.1, -0.05) is 39.0 Å². The number of rotatable bonds is 8. The molecule has 24 heavy (non-hydrogen) atoms. The Morgan fingerprint density at radius 3 is 2.38 bits per heavy atom. The summed E-state index contributed by atoms with van der Waals surface area (Å²) in [7, 11) is 0. The van der Waals surface area contributed by atoms with Crippen LogP contribution in [-0.2, 0) is 14.3 Å². The number of hydrogen-bond acceptors (Lipinski definition) is 4. The third kappa shape index (κ3) is 7.13. The lowest BCUT2D eigenvalue weighted by Crippen LogP contribution is -2.47. The molecule has 0 aliphatic heterocycles. The Morgan fingerprint density at radius 1 is 1.12 bits per heavy atom. The highest BCUT2D eigenvalue weighted by atomic mass is 16.5. The van der Waals surface area contributed by atoms with Gasteiger partial charge in [0.25, 0.3) is 5.91 Å². The van der Waals surface area contributed by atoms with E-state index in [1.807, 2.05) is 13.0 Å².